The Kier molecular flexibility index (Phi) is 14.9. The van der Waals surface area contributed by atoms with E-state index in [4.69, 9.17) is 5.11 Å². The maximum atomic E-state index is 9.09. The first kappa shape index (κ1) is 21.0. The molecule has 3 atom stereocenters. The van der Waals surface area contributed by atoms with Crippen molar-refractivity contribution >= 4 is 0 Å². The van der Waals surface area contributed by atoms with Crippen LogP contribution in [-0.2, 0) is 0 Å². The van der Waals surface area contributed by atoms with Crippen LogP contribution in [0, 0.1) is 17.8 Å². The van der Waals surface area contributed by atoms with Crippen molar-refractivity contribution in [1.29, 1.82) is 0 Å². The van der Waals surface area contributed by atoms with E-state index in [9.17, 15) is 0 Å². The molecule has 0 saturated heterocycles. The highest BCUT2D eigenvalue weighted by Gasteiger charge is 2.09. The van der Waals surface area contributed by atoms with Gasteiger partial charge in [-0.25, -0.2) is 0 Å². The van der Waals surface area contributed by atoms with Crippen LogP contribution in [0.3, 0.4) is 0 Å². The Morgan fingerprint density at radius 3 is 1.76 bits per heavy atom. The fourth-order valence-electron chi connectivity index (χ4n) is 3.29. The van der Waals surface area contributed by atoms with Crippen molar-refractivity contribution in [3.8, 4) is 0 Å². The van der Waals surface area contributed by atoms with Crippen molar-refractivity contribution in [1.82, 2.24) is 0 Å². The first-order valence-electron chi connectivity index (χ1n) is 9.70. The van der Waals surface area contributed by atoms with Crippen molar-refractivity contribution < 1.29 is 5.11 Å². The Morgan fingerprint density at radius 2 is 1.14 bits per heavy atom. The Labute approximate surface area is 134 Å². The summed E-state index contributed by atoms with van der Waals surface area (Å²) in [5, 5.41) is 9.09. The summed E-state index contributed by atoms with van der Waals surface area (Å²) >= 11 is 0. The molecule has 0 bridgehead atoms. The molecule has 0 radical (unpaired) electrons. The van der Waals surface area contributed by atoms with Gasteiger partial charge in [0, 0.05) is 6.61 Å². The molecular formula is C20H42O. The minimum absolute atomic E-state index is 0.346. The average Bonchev–Trinajstić information content (AvgIpc) is 2.46. The van der Waals surface area contributed by atoms with E-state index in [1.165, 1.54) is 77.0 Å². The highest BCUT2D eigenvalue weighted by molar-refractivity contribution is 4.61. The minimum Gasteiger partial charge on any atom is -0.396 e. The molecular weight excluding hydrogens is 256 g/mol. The van der Waals surface area contributed by atoms with Gasteiger partial charge in [-0.2, -0.15) is 0 Å². The van der Waals surface area contributed by atoms with Crippen LogP contribution in [-0.4, -0.2) is 11.7 Å². The van der Waals surface area contributed by atoms with Crippen molar-refractivity contribution in [3.63, 3.8) is 0 Å². The summed E-state index contributed by atoms with van der Waals surface area (Å²) in [5.74, 6) is 2.16. The van der Waals surface area contributed by atoms with Gasteiger partial charge in [-0.05, 0) is 24.2 Å². The normalized spacial score (nSPS) is 15.9. The topological polar surface area (TPSA) is 20.2 Å². The molecule has 0 spiro atoms. The van der Waals surface area contributed by atoms with E-state index in [-0.39, 0.29) is 0 Å². The predicted molar refractivity (Wildman–Crippen MR) is 95.7 cm³/mol. The summed E-state index contributed by atoms with van der Waals surface area (Å²) in [6.07, 6.45) is 16.7. The van der Waals surface area contributed by atoms with E-state index in [0.29, 0.717) is 12.5 Å². The summed E-state index contributed by atoms with van der Waals surface area (Å²) in [6, 6.07) is 0. The van der Waals surface area contributed by atoms with Crippen molar-refractivity contribution in [2.75, 3.05) is 6.61 Å². The van der Waals surface area contributed by atoms with E-state index < -0.39 is 0 Å². The van der Waals surface area contributed by atoms with Gasteiger partial charge in [0.05, 0.1) is 0 Å². The fourth-order valence-corrected chi connectivity index (χ4v) is 3.29. The van der Waals surface area contributed by atoms with Crippen LogP contribution in [0.15, 0.2) is 0 Å². The van der Waals surface area contributed by atoms with Crippen LogP contribution < -0.4 is 0 Å². The molecule has 0 aliphatic carbocycles. The first-order chi connectivity index (χ1) is 10.1. The van der Waals surface area contributed by atoms with Gasteiger partial charge in [0.25, 0.3) is 0 Å². The van der Waals surface area contributed by atoms with Crippen LogP contribution in [0.2, 0.25) is 0 Å². The standard InChI is InChI=1S/C20H42O/c1-5-6-7-8-9-10-11-13-18(2)14-12-15-19(3)16-20(4)17-21/h18-21H,5-17H2,1-4H3. The molecule has 0 heterocycles. The second-order valence-corrected chi connectivity index (χ2v) is 7.57. The van der Waals surface area contributed by atoms with Gasteiger partial charge in [-0.3, -0.25) is 0 Å². The quantitative estimate of drug-likeness (QED) is 0.338. The maximum Gasteiger partial charge on any atom is 0.0456 e. The third-order valence-electron chi connectivity index (χ3n) is 4.81. The van der Waals surface area contributed by atoms with Crippen molar-refractivity contribution in [3.05, 3.63) is 0 Å². The zero-order valence-corrected chi connectivity index (χ0v) is 15.4. The van der Waals surface area contributed by atoms with Crippen molar-refractivity contribution in [2.24, 2.45) is 17.8 Å². The largest absolute Gasteiger partial charge is 0.396 e. The van der Waals surface area contributed by atoms with E-state index in [1.807, 2.05) is 0 Å². The van der Waals surface area contributed by atoms with Gasteiger partial charge in [-0.1, -0.05) is 98.3 Å². The average molecular weight is 299 g/mol. The number of hydrogen-bond acceptors (Lipinski definition) is 1. The number of rotatable bonds is 15. The molecule has 1 nitrogen and oxygen atoms in total. The summed E-state index contributed by atoms with van der Waals surface area (Å²) in [6.45, 7) is 9.55. The van der Waals surface area contributed by atoms with E-state index >= 15 is 0 Å². The lowest BCUT2D eigenvalue weighted by atomic mass is 9.90. The van der Waals surface area contributed by atoms with E-state index in [2.05, 4.69) is 27.7 Å². The SMILES string of the molecule is CCCCCCCCCC(C)CCCC(C)CC(C)CO. The van der Waals surface area contributed by atoms with Gasteiger partial charge < -0.3 is 5.11 Å². The van der Waals surface area contributed by atoms with Gasteiger partial charge in [0.15, 0.2) is 0 Å². The Hall–Kier alpha value is -0.0400. The number of hydrogen-bond donors (Lipinski definition) is 1. The fraction of sp³-hybridized carbons (Fsp3) is 1.00. The van der Waals surface area contributed by atoms with Crippen LogP contribution in [0.4, 0.5) is 0 Å². The van der Waals surface area contributed by atoms with Crippen molar-refractivity contribution in [2.45, 2.75) is 105 Å². The molecule has 0 fully saturated rings. The lowest BCUT2D eigenvalue weighted by Gasteiger charge is -2.17. The monoisotopic (exact) mass is 298 g/mol. The molecule has 128 valence electrons. The Morgan fingerprint density at radius 1 is 0.619 bits per heavy atom. The molecule has 21 heavy (non-hydrogen) atoms. The van der Waals surface area contributed by atoms with Gasteiger partial charge in [-0.15, -0.1) is 0 Å². The smallest absolute Gasteiger partial charge is 0.0456 e. The molecule has 0 amide bonds. The number of aliphatic hydroxyl groups is 1. The molecule has 0 aliphatic rings. The highest BCUT2D eigenvalue weighted by Crippen LogP contribution is 2.21. The van der Waals surface area contributed by atoms with Crippen LogP contribution in [0.5, 0.6) is 0 Å². The van der Waals surface area contributed by atoms with Crippen LogP contribution >= 0.6 is 0 Å². The maximum absolute atomic E-state index is 9.09. The molecule has 0 aromatic carbocycles. The van der Waals surface area contributed by atoms with Gasteiger partial charge in [0.1, 0.15) is 0 Å². The van der Waals surface area contributed by atoms with E-state index in [1.54, 1.807) is 0 Å². The first-order valence-corrected chi connectivity index (χ1v) is 9.70. The summed E-state index contributed by atoms with van der Waals surface area (Å²) in [5.41, 5.74) is 0. The molecule has 1 heteroatoms. The molecule has 3 unspecified atom stereocenters. The second kappa shape index (κ2) is 14.9. The van der Waals surface area contributed by atoms with E-state index in [0.717, 1.165) is 11.8 Å². The third kappa shape index (κ3) is 14.7. The second-order valence-electron chi connectivity index (χ2n) is 7.57. The van der Waals surface area contributed by atoms with Crippen LogP contribution in [0.25, 0.3) is 0 Å². The summed E-state index contributed by atoms with van der Waals surface area (Å²) in [7, 11) is 0. The van der Waals surface area contributed by atoms with Crippen LogP contribution in [0.1, 0.15) is 105 Å². The molecule has 0 aliphatic heterocycles. The lowest BCUT2D eigenvalue weighted by molar-refractivity contribution is 0.211. The zero-order valence-electron chi connectivity index (χ0n) is 15.4. The summed E-state index contributed by atoms with van der Waals surface area (Å²) in [4.78, 5) is 0. The highest BCUT2D eigenvalue weighted by atomic mass is 16.3. The molecule has 0 saturated carbocycles. The molecule has 0 aromatic rings. The van der Waals surface area contributed by atoms with Gasteiger partial charge >= 0.3 is 0 Å². The molecule has 0 rings (SSSR count). The number of unbranched alkanes of at least 4 members (excludes halogenated alkanes) is 6. The third-order valence-corrected chi connectivity index (χ3v) is 4.81. The lowest BCUT2D eigenvalue weighted by Crippen LogP contribution is -2.07. The number of aliphatic hydroxyl groups excluding tert-OH is 1. The molecule has 0 aromatic heterocycles. The minimum atomic E-state index is 0.346. The predicted octanol–water partition coefficient (Wildman–Crippen LogP) is 6.59. The Balaban J connectivity index is 3.35. The Bertz CT molecular complexity index is 202. The summed E-state index contributed by atoms with van der Waals surface area (Å²) < 4.78 is 0. The zero-order chi connectivity index (χ0) is 15.9. The van der Waals surface area contributed by atoms with Gasteiger partial charge in [0.2, 0.25) is 0 Å². The molecule has 1 N–H and O–H groups in total.